The quantitative estimate of drug-likeness (QED) is 0.0328. The first-order valence-corrected chi connectivity index (χ1v) is 30.3. The van der Waals surface area contributed by atoms with Crippen molar-refractivity contribution >= 4 is 41.8 Å². The summed E-state index contributed by atoms with van der Waals surface area (Å²) < 4.78 is 11.8. The molecule has 2 saturated heterocycles. The molecule has 0 spiro atoms. The van der Waals surface area contributed by atoms with Gasteiger partial charge in [0.05, 0.1) is 6.10 Å². The van der Waals surface area contributed by atoms with Crippen molar-refractivity contribution in [3.63, 3.8) is 0 Å². The van der Waals surface area contributed by atoms with Crippen LogP contribution in [0, 0.1) is 46.3 Å². The molecular formula is C62H96N6O12. The monoisotopic (exact) mass is 1120 g/mol. The number of likely N-dealkylation sites (tertiary alicyclic amines) is 2. The second kappa shape index (κ2) is 26.7. The number of rotatable bonds is 22. The molecule has 5 fully saturated rings. The lowest BCUT2D eigenvalue weighted by atomic mass is 9.47. The van der Waals surface area contributed by atoms with E-state index in [1.165, 1.54) is 79.4 Å². The number of phenols is 1. The molecule has 4 aliphatic carbocycles. The van der Waals surface area contributed by atoms with Gasteiger partial charge in [-0.3, -0.25) is 19.2 Å². The van der Waals surface area contributed by atoms with Gasteiger partial charge in [0, 0.05) is 32.5 Å². The molecule has 0 aromatic heterocycles. The molecule has 80 heavy (non-hydrogen) atoms. The van der Waals surface area contributed by atoms with E-state index in [1.54, 1.807) is 32.9 Å². The van der Waals surface area contributed by atoms with E-state index in [1.807, 2.05) is 0 Å². The number of ether oxygens (including phenoxy) is 2. The summed E-state index contributed by atoms with van der Waals surface area (Å²) in [5.41, 5.74) is 1.69. The predicted octanol–water partition coefficient (Wildman–Crippen LogP) is 8.55. The molecule has 14 atom stereocenters. The maximum atomic E-state index is 14.8. The zero-order valence-corrected chi connectivity index (χ0v) is 49.4. The molecule has 446 valence electrons. The lowest BCUT2D eigenvalue weighted by Gasteiger charge is -2.58. The molecule has 0 radical (unpaired) electrons. The third kappa shape index (κ3) is 15.0. The molecule has 2 aliphatic heterocycles. The fourth-order valence-electron chi connectivity index (χ4n) is 15.3. The van der Waals surface area contributed by atoms with Gasteiger partial charge in [0.2, 0.25) is 23.6 Å². The number of fused-ring (bicyclic) bond motifs is 5. The highest BCUT2D eigenvalue weighted by molar-refractivity contribution is 5.96. The number of amides is 6. The summed E-state index contributed by atoms with van der Waals surface area (Å²) in [5, 5.41) is 40.4. The SMILES string of the molecule is CC(C)CCCC(C)C1CCC2C3CC=C4CC(OC(=O)C(CCCCNC(=O)OC(C)(C)C)NC(=O)C(Cc5ccc(O)cc5)NC(=O)C5CCCN5C(=O)C5CCCN5C(=O)C(NC(=O)O)C(C)O)CCC4(C)C3CCC12C. The van der Waals surface area contributed by atoms with Gasteiger partial charge in [0.15, 0.2) is 0 Å². The Hall–Kier alpha value is -5.39. The summed E-state index contributed by atoms with van der Waals surface area (Å²) in [6, 6.07) is 0.339. The number of benzene rings is 1. The lowest BCUT2D eigenvalue weighted by molar-refractivity contribution is -0.155. The Morgan fingerprint density at radius 2 is 1.48 bits per heavy atom. The van der Waals surface area contributed by atoms with E-state index in [9.17, 15) is 48.9 Å². The summed E-state index contributed by atoms with van der Waals surface area (Å²) in [7, 11) is 0. The lowest BCUT2D eigenvalue weighted by Crippen LogP contribution is -2.59. The van der Waals surface area contributed by atoms with E-state index >= 15 is 0 Å². The molecule has 7 N–H and O–H groups in total. The number of carbonyl (C=O) groups is 7. The summed E-state index contributed by atoms with van der Waals surface area (Å²) >= 11 is 0. The number of aliphatic hydroxyl groups excluding tert-OH is 1. The largest absolute Gasteiger partial charge is 0.508 e. The highest BCUT2D eigenvalue weighted by Gasteiger charge is 2.59. The number of allylic oxidation sites excluding steroid dienone is 1. The smallest absolute Gasteiger partial charge is 0.407 e. The standard InChI is InChI=1S/C62H96N6O12/c1-37(2)15-12-16-38(3)45-26-27-46-44-25-22-41-36-43(28-30-61(41,8)47(44)29-31-62(45,46)9)79-57(75)48(17-10-11-32-63-59(78)80-60(5,6)7)64-53(71)49(35-40-20-23-42(70)24-21-40)65-54(72)50-18-13-33-67(50)55(73)51-19-14-34-68(51)56(74)52(39(4)69)66-58(76)77/h20-24,37-39,43-52,66,69-70H,10-19,25-36H2,1-9H3,(H,63,78)(H,64,71)(H,65,72)(H,76,77). The van der Waals surface area contributed by atoms with Gasteiger partial charge < -0.3 is 55.9 Å². The molecular weight excluding hydrogens is 1020 g/mol. The number of phenolic OH excluding ortho intramolecular Hbond substituents is 1. The van der Waals surface area contributed by atoms with E-state index in [4.69, 9.17) is 9.47 Å². The third-order valence-corrected chi connectivity index (χ3v) is 19.4. The van der Waals surface area contributed by atoms with Crippen molar-refractivity contribution < 1.29 is 58.4 Å². The van der Waals surface area contributed by atoms with Crippen LogP contribution in [0.3, 0.4) is 0 Å². The Balaban J connectivity index is 1.05. The average molecular weight is 1120 g/mol. The van der Waals surface area contributed by atoms with Crippen LogP contribution in [0.1, 0.15) is 183 Å². The molecule has 6 aliphatic rings. The van der Waals surface area contributed by atoms with Gasteiger partial charge in [-0.25, -0.2) is 14.4 Å². The fraction of sp³-hybridized carbons (Fsp3) is 0.758. The van der Waals surface area contributed by atoms with E-state index in [0.717, 1.165) is 36.5 Å². The predicted molar refractivity (Wildman–Crippen MR) is 303 cm³/mol. The Kier molecular flexibility index (Phi) is 20.7. The average Bonchev–Trinajstić information content (AvgIpc) is 4.24. The Bertz CT molecular complexity index is 2390. The molecule has 0 bridgehead atoms. The maximum Gasteiger partial charge on any atom is 0.407 e. The topological polar surface area (TPSA) is 253 Å². The third-order valence-electron chi connectivity index (χ3n) is 19.4. The van der Waals surface area contributed by atoms with Crippen molar-refractivity contribution in [1.29, 1.82) is 0 Å². The van der Waals surface area contributed by atoms with Crippen molar-refractivity contribution in [2.45, 2.75) is 232 Å². The minimum atomic E-state index is -1.50. The van der Waals surface area contributed by atoms with Gasteiger partial charge in [0.1, 0.15) is 47.7 Å². The molecule has 18 nitrogen and oxygen atoms in total. The zero-order valence-electron chi connectivity index (χ0n) is 49.4. The summed E-state index contributed by atoms with van der Waals surface area (Å²) in [4.78, 5) is 98.4. The van der Waals surface area contributed by atoms with Crippen LogP contribution >= 0.6 is 0 Å². The number of aromatic hydroxyl groups is 1. The Morgan fingerprint density at radius 3 is 2.15 bits per heavy atom. The molecule has 2 heterocycles. The maximum absolute atomic E-state index is 14.8. The van der Waals surface area contributed by atoms with Crippen LogP contribution in [0.4, 0.5) is 9.59 Å². The number of carbonyl (C=O) groups excluding carboxylic acids is 6. The second-order valence-corrected chi connectivity index (χ2v) is 26.6. The molecule has 18 heteroatoms. The van der Waals surface area contributed by atoms with Crippen molar-refractivity contribution in [3.05, 3.63) is 41.5 Å². The van der Waals surface area contributed by atoms with Crippen LogP contribution < -0.4 is 21.3 Å². The van der Waals surface area contributed by atoms with Gasteiger partial charge in [-0.2, -0.15) is 0 Å². The van der Waals surface area contributed by atoms with Crippen molar-refractivity contribution in [1.82, 2.24) is 31.1 Å². The van der Waals surface area contributed by atoms with Crippen molar-refractivity contribution in [2.75, 3.05) is 19.6 Å². The van der Waals surface area contributed by atoms with Gasteiger partial charge in [-0.1, -0.05) is 77.7 Å². The Labute approximate surface area is 475 Å². The first-order chi connectivity index (χ1) is 37.8. The van der Waals surface area contributed by atoms with Crippen LogP contribution in [0.15, 0.2) is 35.9 Å². The highest BCUT2D eigenvalue weighted by atomic mass is 16.6. The first kappa shape index (κ1) is 62.2. The number of aliphatic hydroxyl groups is 1. The van der Waals surface area contributed by atoms with E-state index < -0.39 is 83.7 Å². The molecule has 3 saturated carbocycles. The highest BCUT2D eigenvalue weighted by Crippen LogP contribution is 2.67. The van der Waals surface area contributed by atoms with Crippen molar-refractivity contribution in [3.8, 4) is 5.75 Å². The number of carboxylic acid groups (broad SMARTS) is 1. The Morgan fingerprint density at radius 1 is 0.775 bits per heavy atom. The van der Waals surface area contributed by atoms with E-state index in [2.05, 4.69) is 62.0 Å². The van der Waals surface area contributed by atoms with Crippen LogP contribution in [-0.4, -0.2) is 135 Å². The molecule has 1 aromatic carbocycles. The molecule has 6 amide bonds. The minimum absolute atomic E-state index is 0.00856. The summed E-state index contributed by atoms with van der Waals surface area (Å²) in [6.45, 7) is 19.5. The number of alkyl carbamates (subject to hydrolysis) is 1. The van der Waals surface area contributed by atoms with Crippen LogP contribution in [-0.2, 0) is 39.9 Å². The normalized spacial score (nSPS) is 29.1. The molecule has 14 unspecified atom stereocenters. The number of nitrogens with zero attached hydrogens (tertiary/aromatic N) is 2. The van der Waals surface area contributed by atoms with E-state index in [0.29, 0.717) is 61.3 Å². The first-order valence-electron chi connectivity index (χ1n) is 30.3. The van der Waals surface area contributed by atoms with Crippen molar-refractivity contribution in [2.24, 2.45) is 46.3 Å². The van der Waals surface area contributed by atoms with E-state index in [-0.39, 0.29) is 62.6 Å². The van der Waals surface area contributed by atoms with Crippen LogP contribution in [0.5, 0.6) is 5.75 Å². The number of esters is 1. The number of hydrogen-bond acceptors (Lipinski definition) is 11. The number of hydrogen-bond donors (Lipinski definition) is 7. The number of nitrogens with one attached hydrogen (secondary N) is 4. The van der Waals surface area contributed by atoms with Gasteiger partial charge in [-0.15, -0.1) is 0 Å². The van der Waals surface area contributed by atoms with Gasteiger partial charge >= 0.3 is 18.2 Å². The second-order valence-electron chi connectivity index (χ2n) is 26.6. The van der Waals surface area contributed by atoms with Gasteiger partial charge in [0.25, 0.3) is 0 Å². The summed E-state index contributed by atoms with van der Waals surface area (Å²) in [6.07, 6.45) is 13.5. The molecule has 1 aromatic rings. The summed E-state index contributed by atoms with van der Waals surface area (Å²) in [5.74, 6) is 1.13. The zero-order chi connectivity index (χ0) is 58.3. The minimum Gasteiger partial charge on any atom is -0.508 e. The van der Waals surface area contributed by atoms with Crippen LogP contribution in [0.25, 0.3) is 0 Å². The fourth-order valence-corrected chi connectivity index (χ4v) is 15.3. The molecule has 7 rings (SSSR count). The van der Waals surface area contributed by atoms with Gasteiger partial charge in [-0.05, 0) is 182 Å². The van der Waals surface area contributed by atoms with Crippen LogP contribution in [0.2, 0.25) is 0 Å². The number of unbranched alkanes of at least 4 members (excludes halogenated alkanes) is 1.